The fourth-order valence-electron chi connectivity index (χ4n) is 7.19. The fraction of sp³-hybridized carbons (Fsp3) is 0.227. The number of rotatable bonds is 12. The van der Waals surface area contributed by atoms with Gasteiger partial charge in [-0.1, -0.05) is 78.9 Å². The molecule has 0 radical (unpaired) electrons. The van der Waals surface area contributed by atoms with Crippen molar-refractivity contribution in [3.8, 4) is 23.1 Å². The number of nitrogens with one attached hydrogen (secondary N) is 1. The molecule has 6 aromatic rings. The quantitative estimate of drug-likeness (QED) is 0.126. The number of carbonyl (C=O) groups is 2. The van der Waals surface area contributed by atoms with E-state index in [0.29, 0.717) is 46.5 Å². The van der Waals surface area contributed by atoms with Crippen LogP contribution in [0.25, 0.3) is 0 Å². The summed E-state index contributed by atoms with van der Waals surface area (Å²) in [5.41, 5.74) is 3.12. The van der Waals surface area contributed by atoms with Crippen LogP contribution in [0.15, 0.2) is 130 Å². The maximum Gasteiger partial charge on any atom is 0.420 e. The summed E-state index contributed by atoms with van der Waals surface area (Å²) < 4.78 is 44.3. The number of ether oxygens (including phenoxy) is 2. The molecular formula is C44H42N4O9S. The highest BCUT2D eigenvalue weighted by Gasteiger charge is 2.47. The van der Waals surface area contributed by atoms with Crippen molar-refractivity contribution in [2.24, 2.45) is 0 Å². The number of aromatic nitrogens is 2. The lowest BCUT2D eigenvalue weighted by Crippen LogP contribution is -2.56. The van der Waals surface area contributed by atoms with E-state index in [9.17, 15) is 23.5 Å². The van der Waals surface area contributed by atoms with E-state index in [1.807, 2.05) is 44.2 Å². The van der Waals surface area contributed by atoms with Crippen molar-refractivity contribution in [2.45, 2.75) is 68.5 Å². The van der Waals surface area contributed by atoms with Gasteiger partial charge in [0.2, 0.25) is 5.91 Å². The second-order valence-electron chi connectivity index (χ2n) is 14.3. The average molecular weight is 803 g/mol. The van der Waals surface area contributed by atoms with Crippen molar-refractivity contribution in [1.82, 2.24) is 10.5 Å². The van der Waals surface area contributed by atoms with E-state index >= 15 is 4.79 Å². The first-order valence-corrected chi connectivity index (χ1v) is 20.2. The zero-order chi connectivity index (χ0) is 41.2. The van der Waals surface area contributed by atoms with Crippen LogP contribution in [0.1, 0.15) is 52.8 Å². The van der Waals surface area contributed by atoms with Gasteiger partial charge in [-0.2, -0.15) is 0 Å². The van der Waals surface area contributed by atoms with Gasteiger partial charge in [-0.05, 0) is 110 Å². The lowest BCUT2D eigenvalue weighted by molar-refractivity contribution is -0.832. The molecule has 0 fully saturated rings. The van der Waals surface area contributed by atoms with Gasteiger partial charge in [0.25, 0.3) is 15.7 Å². The molecule has 2 heterocycles. The van der Waals surface area contributed by atoms with Crippen molar-refractivity contribution in [3.05, 3.63) is 154 Å². The second-order valence-corrected chi connectivity index (χ2v) is 16.2. The summed E-state index contributed by atoms with van der Waals surface area (Å²) in [6.07, 6.45) is 1.20. The van der Waals surface area contributed by atoms with Crippen LogP contribution >= 0.6 is 0 Å². The van der Waals surface area contributed by atoms with Crippen LogP contribution in [0.3, 0.4) is 0 Å². The van der Waals surface area contributed by atoms with Gasteiger partial charge in [0.15, 0.2) is 5.60 Å². The molecule has 7 rings (SSSR count). The first-order valence-electron chi connectivity index (χ1n) is 18.7. The molecule has 2 unspecified atom stereocenters. The minimum Gasteiger partial charge on any atom is -0.507 e. The van der Waals surface area contributed by atoms with Crippen molar-refractivity contribution in [2.75, 3.05) is 11.4 Å². The molecule has 2 amide bonds. The van der Waals surface area contributed by atoms with Gasteiger partial charge in [0.05, 0.1) is 10.1 Å². The average Bonchev–Trinajstić information content (AvgIpc) is 3.61. The van der Waals surface area contributed by atoms with E-state index in [1.165, 1.54) is 41.3 Å². The lowest BCUT2D eigenvalue weighted by Gasteiger charge is -2.41. The number of para-hydroxylation sites is 1. The Hall–Kier alpha value is -6.67. The summed E-state index contributed by atoms with van der Waals surface area (Å²) in [4.78, 5) is 30.9. The molecule has 0 aliphatic carbocycles. The maximum atomic E-state index is 15.3. The van der Waals surface area contributed by atoms with Gasteiger partial charge in [-0.3, -0.25) is 19.1 Å². The summed E-state index contributed by atoms with van der Waals surface area (Å²) >= 11 is 0. The molecule has 1 aliphatic rings. The molecule has 58 heavy (non-hydrogen) atoms. The normalized spacial score (nSPS) is 15.4. The Morgan fingerprint density at radius 2 is 1.59 bits per heavy atom. The highest BCUT2D eigenvalue weighted by Crippen LogP contribution is 2.45. The molecule has 298 valence electrons. The van der Waals surface area contributed by atoms with Gasteiger partial charge in [0, 0.05) is 24.2 Å². The largest absolute Gasteiger partial charge is 0.507 e. The number of hydrogen-bond donors (Lipinski definition) is 2. The van der Waals surface area contributed by atoms with E-state index in [4.69, 9.17) is 14.1 Å². The molecule has 0 spiro atoms. The van der Waals surface area contributed by atoms with E-state index in [-0.39, 0.29) is 34.3 Å². The van der Waals surface area contributed by atoms with Crippen LogP contribution in [0, 0.1) is 26.0 Å². The Morgan fingerprint density at radius 1 is 0.931 bits per heavy atom. The van der Waals surface area contributed by atoms with Gasteiger partial charge in [-0.25, -0.2) is 8.42 Å². The molecule has 0 bridgehead atoms. The predicted octanol–water partition coefficient (Wildman–Crippen LogP) is 6.78. The molecule has 5 aromatic carbocycles. The molecule has 14 heteroatoms. The monoisotopic (exact) mass is 802 g/mol. The third-order valence-corrected chi connectivity index (χ3v) is 12.3. The van der Waals surface area contributed by atoms with E-state index in [2.05, 4.69) is 10.5 Å². The number of sulfone groups is 1. The highest BCUT2D eigenvalue weighted by atomic mass is 32.2. The van der Waals surface area contributed by atoms with Crippen LogP contribution in [0.2, 0.25) is 0 Å². The zero-order valence-electron chi connectivity index (χ0n) is 32.3. The molecular weight excluding hydrogens is 761 g/mol. The van der Waals surface area contributed by atoms with E-state index in [1.54, 1.807) is 62.4 Å². The Kier molecular flexibility index (Phi) is 11.0. The van der Waals surface area contributed by atoms with Crippen LogP contribution in [0.5, 0.6) is 23.1 Å². The van der Waals surface area contributed by atoms with Gasteiger partial charge in [0.1, 0.15) is 23.3 Å². The SMILES string of the molecule is Cc1c(C)c2c(c(C)c1O)CCC(C)(C(=O)N(c1ccccc1)C(C(=O)NCCc1ccccc1)c1cccc(Oc3no[n+]([O-])c3S(=O)(=O)c3ccccc3)c1)O2. The molecule has 13 nitrogen and oxygen atoms in total. The third-order valence-electron chi connectivity index (χ3n) is 10.5. The molecule has 1 aromatic heterocycles. The smallest absolute Gasteiger partial charge is 0.420 e. The summed E-state index contributed by atoms with van der Waals surface area (Å²) in [7, 11) is -4.44. The second kappa shape index (κ2) is 16.1. The first kappa shape index (κ1) is 39.6. The Labute approximate surface area is 335 Å². The zero-order valence-corrected chi connectivity index (χ0v) is 33.2. The highest BCUT2D eigenvalue weighted by molar-refractivity contribution is 7.91. The number of hydrogen-bond acceptors (Lipinski definition) is 10. The van der Waals surface area contributed by atoms with Gasteiger partial charge in [-0.15, -0.1) is 0 Å². The minimum atomic E-state index is -4.44. The number of carbonyl (C=O) groups excluding carboxylic acids is 2. The van der Waals surface area contributed by atoms with Crippen LogP contribution in [-0.2, 0) is 32.3 Å². The number of aromatic hydroxyl groups is 1. The molecule has 2 atom stereocenters. The molecule has 0 saturated heterocycles. The van der Waals surface area contributed by atoms with Gasteiger partial charge >= 0.3 is 10.9 Å². The number of phenols is 1. The number of anilines is 1. The minimum absolute atomic E-state index is 0.00824. The van der Waals surface area contributed by atoms with Crippen molar-refractivity contribution >= 4 is 27.3 Å². The summed E-state index contributed by atoms with van der Waals surface area (Å²) in [5, 5.41) is 29.2. The van der Waals surface area contributed by atoms with E-state index in [0.717, 1.165) is 11.1 Å². The van der Waals surface area contributed by atoms with Crippen LogP contribution in [-0.4, -0.2) is 42.6 Å². The number of benzene rings is 5. The predicted molar refractivity (Wildman–Crippen MR) is 213 cm³/mol. The number of nitrogens with zero attached hydrogens (tertiary/aromatic N) is 3. The maximum absolute atomic E-state index is 15.3. The number of amides is 2. The summed E-state index contributed by atoms with van der Waals surface area (Å²) in [6.45, 7) is 7.41. The van der Waals surface area contributed by atoms with Crippen molar-refractivity contribution in [3.63, 3.8) is 0 Å². The lowest BCUT2D eigenvalue weighted by atomic mass is 9.85. The number of fused-ring (bicyclic) bond motifs is 1. The molecule has 2 N–H and O–H groups in total. The van der Waals surface area contributed by atoms with E-state index < -0.39 is 44.2 Å². The van der Waals surface area contributed by atoms with Crippen LogP contribution in [0.4, 0.5) is 5.69 Å². The first-order chi connectivity index (χ1) is 27.8. The Balaban J connectivity index is 1.30. The molecule has 1 aliphatic heterocycles. The summed E-state index contributed by atoms with van der Waals surface area (Å²) in [6, 6.07) is 30.6. The summed E-state index contributed by atoms with van der Waals surface area (Å²) in [5.74, 6) is -0.911. The Bertz CT molecular complexity index is 2580. The molecule has 0 saturated carbocycles. The van der Waals surface area contributed by atoms with Gasteiger partial charge < -0.3 is 25.1 Å². The number of phenolic OH excluding ortho intramolecular Hbond substituents is 1. The Morgan fingerprint density at radius 3 is 2.28 bits per heavy atom. The fourth-order valence-corrected chi connectivity index (χ4v) is 8.47. The standard InChI is InChI=1S/C44H42N4O9S/c1-28-29(2)39-36(30(3)38(28)49)23-25-44(4,56-39)43(51)47(33-18-10-6-11-19-33)37(40(50)45-26-24-31-15-8-5-9-16-31)32-17-14-20-34(27-32)55-41-42(48(52)57-46-41)58(53,54)35-21-12-7-13-22-35/h5-22,27,37,49H,23-26H2,1-4H3,(H,45,50). The van der Waals surface area contributed by atoms with Crippen molar-refractivity contribution < 1.29 is 42.1 Å². The topological polar surface area (TPSA) is 175 Å². The van der Waals surface area contributed by atoms with Crippen LogP contribution < -0.4 is 24.6 Å². The third kappa shape index (κ3) is 7.58. The van der Waals surface area contributed by atoms with Crippen molar-refractivity contribution in [1.29, 1.82) is 0 Å².